The second-order valence-electron chi connectivity index (χ2n) is 4.39. The molecule has 5 heteroatoms. The lowest BCUT2D eigenvalue weighted by Crippen LogP contribution is -2.22. The standard InChI is InChI=1S/C9H18N2OSi.H3N/c1-13(2,3)8-7-12-9-11-6-4-5-10-11;/h4-6H,7-9H2,1-3H3;1H3. The van der Waals surface area contributed by atoms with Gasteiger partial charge in [-0.1, -0.05) is 19.6 Å². The highest BCUT2D eigenvalue weighted by Crippen LogP contribution is 2.07. The first-order valence-electron chi connectivity index (χ1n) is 4.63. The van der Waals surface area contributed by atoms with Crippen molar-refractivity contribution in [2.45, 2.75) is 32.4 Å². The normalized spacial score (nSPS) is 11.1. The second kappa shape index (κ2) is 5.95. The fourth-order valence-corrected chi connectivity index (χ4v) is 1.67. The summed E-state index contributed by atoms with van der Waals surface area (Å²) in [5, 5.41) is 4.05. The van der Waals surface area contributed by atoms with Crippen molar-refractivity contribution < 1.29 is 4.74 Å². The molecule has 0 atom stereocenters. The summed E-state index contributed by atoms with van der Waals surface area (Å²) in [5.41, 5.74) is 0. The van der Waals surface area contributed by atoms with E-state index in [-0.39, 0.29) is 6.15 Å². The molecule has 3 N–H and O–H groups in total. The number of rotatable bonds is 5. The topological polar surface area (TPSA) is 62.0 Å². The Morgan fingerprint density at radius 3 is 2.57 bits per heavy atom. The van der Waals surface area contributed by atoms with E-state index in [9.17, 15) is 0 Å². The minimum absolute atomic E-state index is 0. The molecule has 1 heterocycles. The monoisotopic (exact) mass is 215 g/mol. The smallest absolute Gasteiger partial charge is 0.139 e. The molecule has 0 aliphatic carbocycles. The summed E-state index contributed by atoms with van der Waals surface area (Å²) in [6, 6.07) is 3.12. The molecule has 82 valence electrons. The maximum absolute atomic E-state index is 5.49. The maximum Gasteiger partial charge on any atom is 0.139 e. The van der Waals surface area contributed by atoms with Crippen LogP contribution >= 0.6 is 0 Å². The molecular formula is C9H21N3OSi. The summed E-state index contributed by atoms with van der Waals surface area (Å²) in [5.74, 6) is 0. The first-order chi connectivity index (χ1) is 6.08. The number of nitrogens with zero attached hydrogens (tertiary/aromatic N) is 2. The molecule has 1 rings (SSSR count). The Balaban J connectivity index is 0.00000169. The molecule has 0 radical (unpaired) electrons. The van der Waals surface area contributed by atoms with Gasteiger partial charge in [0, 0.05) is 27.1 Å². The van der Waals surface area contributed by atoms with Gasteiger partial charge >= 0.3 is 0 Å². The summed E-state index contributed by atoms with van der Waals surface area (Å²) in [4.78, 5) is 0. The van der Waals surface area contributed by atoms with Gasteiger partial charge in [-0.3, -0.25) is 0 Å². The Kier molecular flexibility index (Phi) is 5.67. The molecule has 1 aromatic rings. The van der Waals surface area contributed by atoms with Crippen LogP contribution in [0.2, 0.25) is 25.7 Å². The number of ether oxygens (including phenoxy) is 1. The lowest BCUT2D eigenvalue weighted by Gasteiger charge is -2.15. The fourth-order valence-electron chi connectivity index (χ4n) is 0.913. The molecule has 0 amide bonds. The summed E-state index contributed by atoms with van der Waals surface area (Å²) in [6.45, 7) is 8.49. The predicted octanol–water partition coefficient (Wildman–Crippen LogP) is 2.36. The number of hydrogen-bond donors (Lipinski definition) is 1. The van der Waals surface area contributed by atoms with Gasteiger partial charge in [-0.25, -0.2) is 4.68 Å². The van der Waals surface area contributed by atoms with Gasteiger partial charge in [0.25, 0.3) is 0 Å². The molecule has 4 nitrogen and oxygen atoms in total. The van der Waals surface area contributed by atoms with Crippen molar-refractivity contribution in [3.8, 4) is 0 Å². The van der Waals surface area contributed by atoms with Crippen molar-refractivity contribution in [3.05, 3.63) is 18.5 Å². The Labute approximate surface area is 86.9 Å². The van der Waals surface area contributed by atoms with Crippen LogP contribution in [0.3, 0.4) is 0 Å². The summed E-state index contributed by atoms with van der Waals surface area (Å²) >= 11 is 0. The van der Waals surface area contributed by atoms with Crippen LogP contribution in [0.4, 0.5) is 0 Å². The van der Waals surface area contributed by atoms with Crippen LogP contribution in [0.1, 0.15) is 0 Å². The van der Waals surface area contributed by atoms with Crippen LogP contribution in [0, 0.1) is 0 Å². The molecule has 0 aliphatic rings. The third-order valence-electron chi connectivity index (χ3n) is 1.78. The van der Waals surface area contributed by atoms with Crippen molar-refractivity contribution in [1.82, 2.24) is 15.9 Å². The largest absolute Gasteiger partial charge is 0.360 e. The van der Waals surface area contributed by atoms with E-state index in [2.05, 4.69) is 24.7 Å². The first kappa shape index (κ1) is 13.3. The van der Waals surface area contributed by atoms with Crippen molar-refractivity contribution in [2.75, 3.05) is 6.61 Å². The molecule has 1 aromatic heterocycles. The van der Waals surface area contributed by atoms with Gasteiger partial charge in [-0.2, -0.15) is 5.10 Å². The van der Waals surface area contributed by atoms with Crippen molar-refractivity contribution in [1.29, 1.82) is 0 Å². The quantitative estimate of drug-likeness (QED) is 0.606. The minimum atomic E-state index is -0.934. The zero-order valence-corrected chi connectivity index (χ0v) is 10.4. The van der Waals surface area contributed by atoms with E-state index in [0.717, 1.165) is 6.61 Å². The van der Waals surface area contributed by atoms with E-state index in [4.69, 9.17) is 4.74 Å². The molecule has 0 aromatic carbocycles. The molecule has 0 fully saturated rings. The van der Waals surface area contributed by atoms with Gasteiger partial charge in [-0.15, -0.1) is 0 Å². The highest BCUT2D eigenvalue weighted by atomic mass is 28.3. The summed E-state index contributed by atoms with van der Waals surface area (Å²) in [7, 11) is -0.934. The average molecular weight is 215 g/mol. The average Bonchev–Trinajstić information content (AvgIpc) is 2.48. The molecular weight excluding hydrogens is 194 g/mol. The molecule has 0 spiro atoms. The first-order valence-corrected chi connectivity index (χ1v) is 8.34. The minimum Gasteiger partial charge on any atom is -0.360 e. The third-order valence-corrected chi connectivity index (χ3v) is 3.48. The van der Waals surface area contributed by atoms with Gasteiger partial charge in [0.15, 0.2) is 0 Å². The highest BCUT2D eigenvalue weighted by Gasteiger charge is 2.11. The van der Waals surface area contributed by atoms with E-state index < -0.39 is 8.07 Å². The molecule has 0 bridgehead atoms. The lowest BCUT2D eigenvalue weighted by atomic mass is 10.8. The third kappa shape index (κ3) is 5.90. The van der Waals surface area contributed by atoms with Crippen molar-refractivity contribution in [2.24, 2.45) is 0 Å². The predicted molar refractivity (Wildman–Crippen MR) is 61.4 cm³/mol. The molecule has 0 aliphatic heterocycles. The van der Waals surface area contributed by atoms with Crippen LogP contribution in [0.15, 0.2) is 18.5 Å². The Morgan fingerprint density at radius 2 is 2.07 bits per heavy atom. The SMILES string of the molecule is C[Si](C)(C)CCOCn1cccn1.N. The van der Waals surface area contributed by atoms with Gasteiger partial charge < -0.3 is 10.9 Å². The van der Waals surface area contributed by atoms with Gasteiger partial charge in [0.2, 0.25) is 0 Å². The lowest BCUT2D eigenvalue weighted by molar-refractivity contribution is 0.0786. The van der Waals surface area contributed by atoms with Crippen LogP contribution in [0.25, 0.3) is 0 Å². The Bertz CT molecular complexity index is 231. The van der Waals surface area contributed by atoms with Crippen LogP contribution in [-0.2, 0) is 11.5 Å². The van der Waals surface area contributed by atoms with Crippen LogP contribution in [-0.4, -0.2) is 24.5 Å². The summed E-state index contributed by atoms with van der Waals surface area (Å²) in [6.07, 6.45) is 3.68. The molecule has 14 heavy (non-hydrogen) atoms. The van der Waals surface area contributed by atoms with Crippen LogP contribution in [0.5, 0.6) is 0 Å². The molecule has 0 saturated carbocycles. The fraction of sp³-hybridized carbons (Fsp3) is 0.667. The zero-order chi connectivity index (χ0) is 9.73. The second-order valence-corrected chi connectivity index (χ2v) is 10.0. The van der Waals surface area contributed by atoms with E-state index in [1.807, 2.05) is 12.3 Å². The number of aromatic nitrogens is 2. The summed E-state index contributed by atoms with van der Waals surface area (Å²) < 4.78 is 7.29. The van der Waals surface area contributed by atoms with Gasteiger partial charge in [0.05, 0.1) is 0 Å². The Morgan fingerprint density at radius 1 is 1.36 bits per heavy atom. The van der Waals surface area contributed by atoms with E-state index in [1.54, 1.807) is 10.9 Å². The van der Waals surface area contributed by atoms with E-state index in [1.165, 1.54) is 6.04 Å². The molecule has 0 unspecified atom stereocenters. The highest BCUT2D eigenvalue weighted by molar-refractivity contribution is 6.76. The van der Waals surface area contributed by atoms with Crippen molar-refractivity contribution in [3.63, 3.8) is 0 Å². The van der Waals surface area contributed by atoms with Crippen molar-refractivity contribution >= 4 is 8.07 Å². The van der Waals surface area contributed by atoms with E-state index >= 15 is 0 Å². The maximum atomic E-state index is 5.49. The van der Waals surface area contributed by atoms with Crippen LogP contribution < -0.4 is 6.15 Å². The van der Waals surface area contributed by atoms with Gasteiger partial charge in [-0.05, 0) is 12.1 Å². The zero-order valence-electron chi connectivity index (χ0n) is 9.36. The van der Waals surface area contributed by atoms with Gasteiger partial charge in [0.1, 0.15) is 6.73 Å². The Hall–Kier alpha value is -0.653. The number of hydrogen-bond acceptors (Lipinski definition) is 3. The van der Waals surface area contributed by atoms with E-state index in [0.29, 0.717) is 6.73 Å². The molecule has 0 saturated heterocycles.